The van der Waals surface area contributed by atoms with Crippen LogP contribution in [0.2, 0.25) is 0 Å². The van der Waals surface area contributed by atoms with Crippen LogP contribution in [0.15, 0.2) is 6.33 Å². The summed E-state index contributed by atoms with van der Waals surface area (Å²) in [5, 5.41) is 0. The van der Waals surface area contributed by atoms with Gasteiger partial charge in [-0.3, -0.25) is 0 Å². The molecule has 0 radical (unpaired) electrons. The molecule has 1 aromatic rings. The first kappa shape index (κ1) is 10.9. The van der Waals surface area contributed by atoms with E-state index < -0.39 is 5.97 Å². The summed E-state index contributed by atoms with van der Waals surface area (Å²) < 4.78 is 6.14. The van der Waals surface area contributed by atoms with Gasteiger partial charge in [0.25, 0.3) is 0 Å². The first-order valence-electron chi connectivity index (χ1n) is 3.33. The summed E-state index contributed by atoms with van der Waals surface area (Å²) in [7, 11) is 1.30. The van der Waals surface area contributed by atoms with Gasteiger partial charge in [0.1, 0.15) is 0 Å². The molecule has 1 heterocycles. The predicted octanol–water partition coefficient (Wildman–Crippen LogP) is 0.145. The van der Waals surface area contributed by atoms with E-state index in [1.807, 2.05) is 0 Å². The number of ether oxygens (including phenoxy) is 1. The molecule has 76 valence electrons. The van der Waals surface area contributed by atoms with Gasteiger partial charge in [0, 0.05) is 0 Å². The number of rotatable bonds is 2. The van der Waals surface area contributed by atoms with Gasteiger partial charge >= 0.3 is 108 Å². The van der Waals surface area contributed by atoms with Crippen LogP contribution < -0.4 is 0 Å². The van der Waals surface area contributed by atoms with Crippen molar-refractivity contribution in [3.8, 4) is 0 Å². The molecule has 1 rings (SSSR count). The van der Waals surface area contributed by atoms with Crippen molar-refractivity contribution in [2.75, 3.05) is 7.11 Å². The summed E-state index contributed by atoms with van der Waals surface area (Å²) in [6, 6.07) is 0. The van der Waals surface area contributed by atoms with E-state index in [1.54, 1.807) is 0.737 Å². The van der Waals surface area contributed by atoms with Crippen molar-refractivity contribution in [2.45, 2.75) is 0 Å². The van der Waals surface area contributed by atoms with Crippen molar-refractivity contribution >= 4 is 6.71 Å². The molecule has 0 aliphatic rings. The van der Waals surface area contributed by atoms with Gasteiger partial charge in [-0.2, -0.15) is 0 Å². The molecule has 1 aromatic heterocycles. The molecule has 0 fully saturated rings. The van der Waals surface area contributed by atoms with Crippen LogP contribution in [0, 0.1) is 51.0 Å². The second kappa shape index (κ2) is 4.88. The number of hydrogen-bond acceptors (Lipinski definition) is 4. The molecule has 0 aromatic carbocycles. The summed E-state index contributed by atoms with van der Waals surface area (Å²) in [6.07, 6.45) is 1.29. The number of esters is 1. The summed E-state index contributed by atoms with van der Waals surface area (Å²) in [4.78, 5) is 18.8. The van der Waals surface area contributed by atoms with E-state index >= 15 is 0 Å². The topological polar surface area (TPSA) is 52.1 Å². The fourth-order valence-electron chi connectivity index (χ4n) is 0.765. The molecular weight excluding hydrogens is 329 g/mol. The Morgan fingerprint density at radius 3 is 2.92 bits per heavy atom. The van der Waals surface area contributed by atoms with Crippen LogP contribution in [-0.2, 0) is 4.74 Å². The zero-order valence-corrected chi connectivity index (χ0v) is 8.55. The Morgan fingerprint density at radius 1 is 1.69 bits per heavy atom. The molecule has 0 spiro atoms. The van der Waals surface area contributed by atoms with Crippen molar-refractivity contribution in [3.05, 3.63) is 30.2 Å². The monoisotopic (exact) mass is 337 g/mol. The van der Waals surface area contributed by atoms with E-state index in [4.69, 9.17) is 0 Å². The minimum atomic E-state index is -0.506. The average Bonchev–Trinajstić information content (AvgIpc) is 2.17. The van der Waals surface area contributed by atoms with Crippen LogP contribution in [0.4, 0.5) is 0 Å². The van der Waals surface area contributed by atoms with Crippen molar-refractivity contribution < 1.29 is 53.6 Å². The summed E-state index contributed by atoms with van der Waals surface area (Å²) >= 11 is 2.77. The number of carbonyl (C=O) groups excluding carboxylic acids is 1. The Hall–Kier alpha value is -0.191. The molecule has 0 N–H and O–H groups in total. The second-order valence-corrected chi connectivity index (χ2v) is 2.65. The fourth-order valence-corrected chi connectivity index (χ4v) is 1.19. The predicted molar refractivity (Wildman–Crippen MR) is 43.0 cm³/mol. The molecule has 0 amide bonds. The molecule has 0 bridgehead atoms. The van der Waals surface area contributed by atoms with Gasteiger partial charge in [-0.05, 0) is 0 Å². The third-order valence-corrected chi connectivity index (χ3v) is 1.90. The number of aromatic nitrogens is 2. The van der Waals surface area contributed by atoms with Crippen LogP contribution in [0.1, 0.15) is 21.7 Å². The maximum atomic E-state index is 11.1. The third-order valence-electron chi connectivity index (χ3n) is 1.43. The minimum absolute atomic E-state index is 0.191. The Morgan fingerprint density at radius 2 is 2.38 bits per heavy atom. The first-order valence-corrected chi connectivity index (χ1v) is 4.32. The summed E-state index contributed by atoms with van der Waals surface area (Å²) in [5.74, 6) is -0.506. The molecule has 4 nitrogen and oxygen atoms in total. The van der Waals surface area contributed by atoms with Crippen LogP contribution in [0.25, 0.3) is 0 Å². The molecule has 0 unspecified atom stereocenters. The molecule has 0 aliphatic heterocycles. The Kier molecular flexibility index (Phi) is 4.09. The fraction of sp³-hybridized carbons (Fsp3) is 0.125. The van der Waals surface area contributed by atoms with Crippen LogP contribution in [0.3, 0.4) is 0 Å². The van der Waals surface area contributed by atoms with Crippen molar-refractivity contribution in [1.29, 1.82) is 0 Å². The molecule has 0 saturated carbocycles. The summed E-state index contributed by atoms with van der Waals surface area (Å²) in [5.41, 5.74) is 1.24. The van der Waals surface area contributed by atoms with E-state index in [0.717, 1.165) is 0 Å². The van der Waals surface area contributed by atoms with Crippen molar-refractivity contribution in [3.63, 3.8) is 0 Å². The molecule has 0 atom stereocenters. The van der Waals surface area contributed by atoms with Crippen LogP contribution in [0.5, 0.6) is 0 Å². The molecular formula is C8H7N2O2Yb-. The maximum absolute atomic E-state index is 11.1. The van der Waals surface area contributed by atoms with Gasteiger partial charge in [-0.1, -0.05) is 0 Å². The molecule has 13 heavy (non-hydrogen) atoms. The quantitative estimate of drug-likeness (QED) is 0.570. The number of carbonyl (C=O) groups is 1. The van der Waals surface area contributed by atoms with E-state index in [-0.39, 0.29) is 5.69 Å². The number of nitrogens with zero attached hydrogens (tertiary/aromatic N) is 2. The van der Waals surface area contributed by atoms with Crippen molar-refractivity contribution in [2.24, 2.45) is 0 Å². The van der Waals surface area contributed by atoms with Crippen LogP contribution in [-0.4, -0.2) is 23.8 Å². The van der Waals surface area contributed by atoms with Gasteiger partial charge < -0.3 is 0 Å². The van der Waals surface area contributed by atoms with E-state index in [1.165, 1.54) is 13.4 Å². The first-order chi connectivity index (χ1) is 6.20. The zero-order valence-electron chi connectivity index (χ0n) is 6.84. The van der Waals surface area contributed by atoms with Crippen molar-refractivity contribution in [1.82, 2.24) is 9.97 Å². The number of methoxy groups -OCH3 is 1. The Bertz CT molecular complexity index is 352. The SMILES string of the molecule is [CH2-]c1c([CH]=[Yb])ncnc1C(=O)OC. The van der Waals surface area contributed by atoms with Gasteiger partial charge in [0.05, 0.1) is 0 Å². The molecule has 0 saturated heterocycles. The van der Waals surface area contributed by atoms with E-state index in [0.29, 0.717) is 11.3 Å². The van der Waals surface area contributed by atoms with Gasteiger partial charge in [0.15, 0.2) is 0 Å². The standard InChI is InChI=1S/C8H7N2O2.Yb/c1-5-6(2)9-4-10-7(5)8(11)12-3;/h2,4H,1H2,3H3;/q-1;. The second-order valence-electron chi connectivity index (χ2n) is 2.15. The van der Waals surface area contributed by atoms with E-state index in [9.17, 15) is 4.79 Å². The normalized spacial score (nSPS) is 9.46. The zero-order chi connectivity index (χ0) is 9.84. The average molecular weight is 336 g/mol. The van der Waals surface area contributed by atoms with E-state index in [2.05, 4.69) is 65.7 Å². The number of hydrogen-bond donors (Lipinski definition) is 0. The van der Waals surface area contributed by atoms with Gasteiger partial charge in [-0.25, -0.2) is 0 Å². The van der Waals surface area contributed by atoms with Gasteiger partial charge in [-0.15, -0.1) is 0 Å². The third kappa shape index (κ3) is 2.39. The molecule has 0 aliphatic carbocycles. The Labute approximate surface area is 106 Å². The van der Waals surface area contributed by atoms with Crippen LogP contribution >= 0.6 is 0 Å². The molecule has 5 heteroatoms. The Balaban J connectivity index is 3.23. The summed E-state index contributed by atoms with van der Waals surface area (Å²) in [6.45, 7) is 3.68. The van der Waals surface area contributed by atoms with Gasteiger partial charge in [0.2, 0.25) is 0 Å².